The number of fused-ring (bicyclic) bond motifs is 1. The number of anilines is 2. The quantitative estimate of drug-likeness (QED) is 0.418. The van der Waals surface area contributed by atoms with Gasteiger partial charge in [-0.3, -0.25) is 9.78 Å². The summed E-state index contributed by atoms with van der Waals surface area (Å²) in [4.78, 5) is 41.4. The fraction of sp³-hybridized carbons (Fsp3) is 0.269. The van der Waals surface area contributed by atoms with Crippen molar-refractivity contribution in [3.05, 3.63) is 87.1 Å². The molecular weight excluding hydrogens is 522 g/mol. The van der Waals surface area contributed by atoms with E-state index in [4.69, 9.17) is 0 Å². The number of aromatic amines is 1. The standard InChI is InChI=1S/C26H24BrN7O2/c27-19-6-7-22-18(14-19)8-13-33(22)25(35)21-15-23(29-16-28-21)32-11-9-20(10-12-32)34-26(36)30-24(31-34)17-4-2-1-3-5-17/h1-7,14-16,20H,8-13H2,(H,30,31,36). The zero-order chi connectivity index (χ0) is 24.6. The van der Waals surface area contributed by atoms with Crippen molar-refractivity contribution in [1.82, 2.24) is 24.7 Å². The Morgan fingerprint density at radius 1 is 1.00 bits per heavy atom. The van der Waals surface area contributed by atoms with Gasteiger partial charge in [0.15, 0.2) is 5.82 Å². The minimum absolute atomic E-state index is 0.00540. The summed E-state index contributed by atoms with van der Waals surface area (Å²) >= 11 is 3.50. The summed E-state index contributed by atoms with van der Waals surface area (Å²) in [5, 5.41) is 4.56. The number of nitrogens with zero attached hydrogens (tertiary/aromatic N) is 6. The van der Waals surface area contributed by atoms with Crippen LogP contribution in [0.15, 0.2) is 70.2 Å². The van der Waals surface area contributed by atoms with Crippen LogP contribution in [0.2, 0.25) is 0 Å². The van der Waals surface area contributed by atoms with Crippen LogP contribution in [-0.4, -0.2) is 50.3 Å². The Bertz CT molecular complexity index is 1480. The van der Waals surface area contributed by atoms with E-state index >= 15 is 0 Å². The molecule has 0 aliphatic carbocycles. The van der Waals surface area contributed by atoms with Crippen LogP contribution in [0, 0.1) is 0 Å². The number of hydrogen-bond acceptors (Lipinski definition) is 6. The number of H-pyrrole nitrogens is 1. The second-order valence-corrected chi connectivity index (χ2v) is 9.96. The van der Waals surface area contributed by atoms with Crippen LogP contribution in [0.5, 0.6) is 0 Å². The molecule has 0 atom stereocenters. The number of carbonyl (C=O) groups is 1. The van der Waals surface area contributed by atoms with Crippen LogP contribution < -0.4 is 15.5 Å². The number of benzene rings is 2. The van der Waals surface area contributed by atoms with Crippen LogP contribution in [0.25, 0.3) is 11.4 Å². The molecule has 36 heavy (non-hydrogen) atoms. The lowest BCUT2D eigenvalue weighted by Gasteiger charge is -2.32. The minimum Gasteiger partial charge on any atom is -0.356 e. The molecule has 4 heterocycles. The van der Waals surface area contributed by atoms with Gasteiger partial charge in [-0.05, 0) is 43.0 Å². The molecular formula is C26H24BrN7O2. The van der Waals surface area contributed by atoms with Gasteiger partial charge in [0.25, 0.3) is 5.91 Å². The Morgan fingerprint density at radius 2 is 1.81 bits per heavy atom. The highest BCUT2D eigenvalue weighted by molar-refractivity contribution is 9.10. The van der Waals surface area contributed by atoms with Crippen LogP contribution in [0.3, 0.4) is 0 Å². The number of nitrogens with one attached hydrogen (secondary N) is 1. The maximum absolute atomic E-state index is 13.3. The summed E-state index contributed by atoms with van der Waals surface area (Å²) in [6, 6.07) is 17.4. The van der Waals surface area contributed by atoms with Gasteiger partial charge in [0.2, 0.25) is 0 Å². The average molecular weight is 546 g/mol. The number of hydrogen-bond donors (Lipinski definition) is 1. The van der Waals surface area contributed by atoms with Gasteiger partial charge in [0, 0.05) is 41.4 Å². The molecule has 0 saturated carbocycles. The van der Waals surface area contributed by atoms with E-state index in [0.717, 1.165) is 46.4 Å². The topological polar surface area (TPSA) is 100 Å². The van der Waals surface area contributed by atoms with E-state index < -0.39 is 0 Å². The summed E-state index contributed by atoms with van der Waals surface area (Å²) in [6.07, 6.45) is 3.78. The zero-order valence-electron chi connectivity index (χ0n) is 19.5. The third kappa shape index (κ3) is 4.21. The van der Waals surface area contributed by atoms with Gasteiger partial charge in [-0.1, -0.05) is 46.3 Å². The van der Waals surface area contributed by atoms with E-state index in [9.17, 15) is 9.59 Å². The maximum Gasteiger partial charge on any atom is 0.343 e. The molecule has 10 heteroatoms. The molecule has 0 spiro atoms. The molecule has 0 radical (unpaired) electrons. The molecule has 4 aromatic rings. The molecule has 1 amide bonds. The van der Waals surface area contributed by atoms with E-state index in [2.05, 4.69) is 46.9 Å². The first-order valence-electron chi connectivity index (χ1n) is 12.0. The van der Waals surface area contributed by atoms with Crippen molar-refractivity contribution in [3.8, 4) is 11.4 Å². The number of aromatic nitrogens is 5. The maximum atomic E-state index is 13.3. The molecule has 0 unspecified atom stereocenters. The molecule has 1 saturated heterocycles. The van der Waals surface area contributed by atoms with Crippen molar-refractivity contribution in [1.29, 1.82) is 0 Å². The van der Waals surface area contributed by atoms with Crippen molar-refractivity contribution in [2.45, 2.75) is 25.3 Å². The number of carbonyl (C=O) groups excluding carboxylic acids is 1. The Morgan fingerprint density at radius 3 is 2.61 bits per heavy atom. The summed E-state index contributed by atoms with van der Waals surface area (Å²) in [6.45, 7) is 2.05. The molecule has 2 aromatic heterocycles. The highest BCUT2D eigenvalue weighted by Crippen LogP contribution is 2.32. The van der Waals surface area contributed by atoms with E-state index in [1.807, 2.05) is 42.5 Å². The van der Waals surface area contributed by atoms with Crippen molar-refractivity contribution >= 4 is 33.3 Å². The number of rotatable bonds is 4. The lowest BCUT2D eigenvalue weighted by atomic mass is 10.1. The monoisotopic (exact) mass is 545 g/mol. The van der Waals surface area contributed by atoms with Gasteiger partial charge in [0.1, 0.15) is 17.8 Å². The van der Waals surface area contributed by atoms with Gasteiger partial charge in [-0.2, -0.15) is 0 Å². The predicted octanol–water partition coefficient (Wildman–Crippen LogP) is 3.84. The molecule has 1 fully saturated rings. The summed E-state index contributed by atoms with van der Waals surface area (Å²) in [7, 11) is 0. The van der Waals surface area contributed by atoms with Gasteiger partial charge >= 0.3 is 5.69 Å². The zero-order valence-corrected chi connectivity index (χ0v) is 21.1. The third-order valence-corrected chi connectivity index (χ3v) is 7.37. The van der Waals surface area contributed by atoms with Crippen LogP contribution in [-0.2, 0) is 6.42 Å². The molecule has 182 valence electrons. The van der Waals surface area contributed by atoms with E-state index in [1.54, 1.807) is 15.6 Å². The van der Waals surface area contributed by atoms with Crippen LogP contribution >= 0.6 is 15.9 Å². The molecule has 2 aliphatic heterocycles. The highest BCUT2D eigenvalue weighted by Gasteiger charge is 2.28. The minimum atomic E-state index is -0.194. The second-order valence-electron chi connectivity index (χ2n) is 9.05. The lowest BCUT2D eigenvalue weighted by molar-refractivity contribution is 0.0984. The Kier molecular flexibility index (Phi) is 5.88. The first-order chi connectivity index (χ1) is 17.6. The third-order valence-electron chi connectivity index (χ3n) is 6.88. The van der Waals surface area contributed by atoms with E-state index in [1.165, 1.54) is 6.33 Å². The molecule has 9 nitrogen and oxygen atoms in total. The Balaban J connectivity index is 1.15. The van der Waals surface area contributed by atoms with Gasteiger partial charge < -0.3 is 9.80 Å². The van der Waals surface area contributed by atoms with Crippen molar-refractivity contribution in [2.75, 3.05) is 29.4 Å². The second kappa shape index (κ2) is 9.34. The molecule has 0 bridgehead atoms. The van der Waals surface area contributed by atoms with Crippen molar-refractivity contribution in [3.63, 3.8) is 0 Å². The molecule has 1 N–H and O–H groups in total. The summed E-state index contributed by atoms with van der Waals surface area (Å²) in [5.74, 6) is 1.19. The number of amides is 1. The molecule has 2 aliphatic rings. The predicted molar refractivity (Wildman–Crippen MR) is 140 cm³/mol. The smallest absolute Gasteiger partial charge is 0.343 e. The van der Waals surface area contributed by atoms with Crippen molar-refractivity contribution < 1.29 is 4.79 Å². The highest BCUT2D eigenvalue weighted by atomic mass is 79.9. The first-order valence-corrected chi connectivity index (χ1v) is 12.8. The fourth-order valence-electron chi connectivity index (χ4n) is 5.01. The summed E-state index contributed by atoms with van der Waals surface area (Å²) in [5.41, 5.74) is 3.16. The van der Waals surface area contributed by atoms with Crippen LogP contribution in [0.4, 0.5) is 11.5 Å². The Hall–Kier alpha value is -3.79. The Labute approximate surface area is 215 Å². The van der Waals surface area contributed by atoms with Crippen molar-refractivity contribution in [2.24, 2.45) is 0 Å². The number of piperidine rings is 1. The van der Waals surface area contributed by atoms with E-state index in [0.29, 0.717) is 31.2 Å². The lowest BCUT2D eigenvalue weighted by Crippen LogP contribution is -2.38. The van der Waals surface area contributed by atoms with E-state index in [-0.39, 0.29) is 17.6 Å². The van der Waals surface area contributed by atoms with Gasteiger partial charge in [0.05, 0.1) is 6.04 Å². The average Bonchev–Trinajstić information content (AvgIpc) is 3.52. The van der Waals surface area contributed by atoms with Gasteiger partial charge in [-0.25, -0.2) is 19.4 Å². The van der Waals surface area contributed by atoms with Gasteiger partial charge in [-0.15, -0.1) is 5.10 Å². The van der Waals surface area contributed by atoms with Crippen LogP contribution in [0.1, 0.15) is 34.9 Å². The molecule has 2 aromatic carbocycles. The summed E-state index contributed by atoms with van der Waals surface area (Å²) < 4.78 is 2.58. The fourth-order valence-corrected chi connectivity index (χ4v) is 5.41. The first kappa shape index (κ1) is 22.7. The largest absolute Gasteiger partial charge is 0.356 e. The SMILES string of the molecule is O=C(c1cc(N2CCC(n3nc(-c4ccccc4)[nH]c3=O)CC2)ncn1)N1CCc2cc(Br)ccc21. The molecule has 6 rings (SSSR count). The number of halogens is 1. The normalized spacial score (nSPS) is 15.8.